The zero-order valence-electron chi connectivity index (χ0n) is 10.6. The first kappa shape index (κ1) is 14.7. The van der Waals surface area contributed by atoms with Crippen molar-refractivity contribution < 1.29 is 14.7 Å². The molecule has 0 unspecified atom stereocenters. The molecule has 0 bridgehead atoms. The van der Waals surface area contributed by atoms with Gasteiger partial charge in [0.1, 0.15) is 0 Å². The Labute approximate surface area is 111 Å². The minimum Gasteiger partial charge on any atom is -0.481 e. The summed E-state index contributed by atoms with van der Waals surface area (Å²) in [4.78, 5) is 25.3. The lowest BCUT2D eigenvalue weighted by molar-refractivity contribution is -0.138. The number of unbranched alkanes of at least 4 members (excludes halogenated alkanes) is 1. The van der Waals surface area contributed by atoms with Gasteiger partial charge in [-0.05, 0) is 17.9 Å². The van der Waals surface area contributed by atoms with Crippen molar-refractivity contribution in [2.45, 2.75) is 32.6 Å². The van der Waals surface area contributed by atoms with E-state index in [1.165, 1.54) is 0 Å². The number of thiophene rings is 1. The van der Waals surface area contributed by atoms with Crippen molar-refractivity contribution in [1.29, 1.82) is 0 Å². The molecule has 18 heavy (non-hydrogen) atoms. The zero-order chi connectivity index (χ0) is 13.4. The van der Waals surface area contributed by atoms with Crippen LogP contribution in [0.1, 0.15) is 31.1 Å². The number of hydrogen-bond acceptors (Lipinski definition) is 3. The lowest BCUT2D eigenvalue weighted by atomic mass is 10.2. The second kappa shape index (κ2) is 7.87. The molecule has 0 aromatic carbocycles. The minimum atomic E-state index is -0.861. The first-order chi connectivity index (χ1) is 8.63. The lowest BCUT2D eigenvalue weighted by Crippen LogP contribution is -2.34. The highest BCUT2D eigenvalue weighted by Gasteiger charge is 2.15. The van der Waals surface area contributed by atoms with Crippen LogP contribution in [0.3, 0.4) is 0 Å². The molecule has 0 radical (unpaired) electrons. The fourth-order valence-electron chi connectivity index (χ4n) is 1.61. The Morgan fingerprint density at radius 2 is 2.17 bits per heavy atom. The molecule has 0 aliphatic carbocycles. The predicted octanol–water partition coefficient (Wildman–Crippen LogP) is 2.39. The number of hydrogen-bond donors (Lipinski definition) is 1. The molecule has 1 rings (SSSR count). The quantitative estimate of drug-likeness (QED) is 0.788. The molecular weight excluding hydrogens is 250 g/mol. The van der Waals surface area contributed by atoms with Crippen LogP contribution in [0.5, 0.6) is 0 Å². The normalized spacial score (nSPS) is 10.3. The molecule has 0 fully saturated rings. The zero-order valence-corrected chi connectivity index (χ0v) is 11.4. The first-order valence-electron chi connectivity index (χ1n) is 6.15. The van der Waals surface area contributed by atoms with E-state index in [1.807, 2.05) is 17.5 Å². The highest BCUT2D eigenvalue weighted by Crippen LogP contribution is 2.11. The highest BCUT2D eigenvalue weighted by molar-refractivity contribution is 7.10. The van der Waals surface area contributed by atoms with Gasteiger partial charge in [0, 0.05) is 18.0 Å². The molecule has 100 valence electrons. The molecule has 0 aliphatic heterocycles. The second-order valence-corrected chi connectivity index (χ2v) is 5.17. The Morgan fingerprint density at radius 1 is 1.39 bits per heavy atom. The van der Waals surface area contributed by atoms with Crippen LogP contribution in [0.25, 0.3) is 0 Å². The standard InChI is InChI=1S/C13H19NO3S/c1-2-3-7-14(8-6-13(16)17)12(15)10-11-5-4-9-18-11/h4-5,9H,2-3,6-8,10H2,1H3,(H,16,17). The van der Waals surface area contributed by atoms with Gasteiger partial charge < -0.3 is 10.0 Å². The van der Waals surface area contributed by atoms with Gasteiger partial charge in [-0.2, -0.15) is 0 Å². The van der Waals surface area contributed by atoms with Crippen LogP contribution >= 0.6 is 11.3 Å². The number of carbonyl (C=O) groups is 2. The van der Waals surface area contributed by atoms with Gasteiger partial charge in [0.2, 0.25) is 5.91 Å². The van der Waals surface area contributed by atoms with Crippen LogP contribution in [0.2, 0.25) is 0 Å². The summed E-state index contributed by atoms with van der Waals surface area (Å²) in [6.45, 7) is 3.01. The molecule has 1 aromatic rings. The van der Waals surface area contributed by atoms with Crippen LogP contribution in [0.15, 0.2) is 17.5 Å². The fourth-order valence-corrected chi connectivity index (χ4v) is 2.31. The van der Waals surface area contributed by atoms with Crippen LogP contribution < -0.4 is 0 Å². The maximum Gasteiger partial charge on any atom is 0.305 e. The third kappa shape index (κ3) is 5.31. The van der Waals surface area contributed by atoms with Crippen molar-refractivity contribution in [1.82, 2.24) is 4.90 Å². The first-order valence-corrected chi connectivity index (χ1v) is 7.03. The van der Waals surface area contributed by atoms with Gasteiger partial charge in [0.05, 0.1) is 12.8 Å². The van der Waals surface area contributed by atoms with E-state index in [9.17, 15) is 9.59 Å². The largest absolute Gasteiger partial charge is 0.481 e. The van der Waals surface area contributed by atoms with Gasteiger partial charge in [-0.1, -0.05) is 19.4 Å². The van der Waals surface area contributed by atoms with E-state index in [1.54, 1.807) is 16.2 Å². The van der Waals surface area contributed by atoms with E-state index in [0.29, 0.717) is 19.5 Å². The molecule has 1 heterocycles. The van der Waals surface area contributed by atoms with E-state index in [2.05, 4.69) is 6.92 Å². The molecule has 5 heteroatoms. The Balaban J connectivity index is 2.51. The van der Waals surface area contributed by atoms with Crippen molar-refractivity contribution in [2.75, 3.05) is 13.1 Å². The minimum absolute atomic E-state index is 0.0138. The summed E-state index contributed by atoms with van der Waals surface area (Å²) in [5.41, 5.74) is 0. The third-order valence-corrected chi connectivity index (χ3v) is 3.51. The highest BCUT2D eigenvalue weighted by atomic mass is 32.1. The third-order valence-electron chi connectivity index (χ3n) is 2.64. The molecule has 0 spiro atoms. The Bertz CT molecular complexity index is 376. The summed E-state index contributed by atoms with van der Waals surface area (Å²) in [5.74, 6) is -0.840. The van der Waals surface area contributed by atoms with E-state index in [-0.39, 0.29) is 12.3 Å². The average Bonchev–Trinajstić information content (AvgIpc) is 2.81. The Kier molecular flexibility index (Phi) is 6.43. The van der Waals surface area contributed by atoms with Crippen LogP contribution in [-0.2, 0) is 16.0 Å². The number of amides is 1. The monoisotopic (exact) mass is 269 g/mol. The summed E-state index contributed by atoms with van der Waals surface area (Å²) in [6.07, 6.45) is 2.30. The molecule has 1 aromatic heterocycles. The van der Waals surface area contributed by atoms with Gasteiger partial charge >= 0.3 is 5.97 Å². The molecule has 0 saturated carbocycles. The van der Waals surface area contributed by atoms with E-state index in [0.717, 1.165) is 17.7 Å². The molecule has 0 aliphatic rings. The predicted molar refractivity (Wildman–Crippen MR) is 71.8 cm³/mol. The number of nitrogens with zero attached hydrogens (tertiary/aromatic N) is 1. The number of aliphatic carboxylic acids is 1. The Morgan fingerprint density at radius 3 is 2.72 bits per heavy atom. The van der Waals surface area contributed by atoms with Gasteiger partial charge in [0.15, 0.2) is 0 Å². The van der Waals surface area contributed by atoms with E-state index < -0.39 is 5.97 Å². The van der Waals surface area contributed by atoms with Crippen LogP contribution in [0, 0.1) is 0 Å². The number of rotatable bonds is 8. The van der Waals surface area contributed by atoms with Crippen LogP contribution in [-0.4, -0.2) is 35.0 Å². The summed E-state index contributed by atoms with van der Waals surface area (Å²) in [6, 6.07) is 3.85. The van der Waals surface area contributed by atoms with Crippen molar-refractivity contribution in [3.63, 3.8) is 0 Å². The SMILES string of the molecule is CCCCN(CCC(=O)O)C(=O)Cc1cccs1. The van der Waals surface area contributed by atoms with Crippen molar-refractivity contribution in [2.24, 2.45) is 0 Å². The number of carboxylic acids is 1. The molecule has 1 amide bonds. The topological polar surface area (TPSA) is 57.6 Å². The summed E-state index contributed by atoms with van der Waals surface area (Å²) in [5, 5.41) is 10.6. The van der Waals surface area contributed by atoms with Crippen LogP contribution in [0.4, 0.5) is 0 Å². The summed E-state index contributed by atoms with van der Waals surface area (Å²) >= 11 is 1.55. The van der Waals surface area contributed by atoms with Crippen molar-refractivity contribution >= 4 is 23.2 Å². The smallest absolute Gasteiger partial charge is 0.305 e. The van der Waals surface area contributed by atoms with Gasteiger partial charge in [-0.3, -0.25) is 9.59 Å². The lowest BCUT2D eigenvalue weighted by Gasteiger charge is -2.21. The summed E-state index contributed by atoms with van der Waals surface area (Å²) < 4.78 is 0. The number of carboxylic acid groups (broad SMARTS) is 1. The van der Waals surface area contributed by atoms with E-state index in [4.69, 9.17) is 5.11 Å². The van der Waals surface area contributed by atoms with E-state index >= 15 is 0 Å². The average molecular weight is 269 g/mol. The summed E-state index contributed by atoms with van der Waals surface area (Å²) in [7, 11) is 0. The molecular formula is C13H19NO3S. The van der Waals surface area contributed by atoms with Crippen molar-refractivity contribution in [3.8, 4) is 0 Å². The molecule has 0 saturated heterocycles. The van der Waals surface area contributed by atoms with Gasteiger partial charge in [-0.15, -0.1) is 11.3 Å². The maximum absolute atomic E-state index is 12.1. The molecule has 1 N–H and O–H groups in total. The van der Waals surface area contributed by atoms with Gasteiger partial charge in [0.25, 0.3) is 0 Å². The Hall–Kier alpha value is -1.36. The van der Waals surface area contributed by atoms with Gasteiger partial charge in [-0.25, -0.2) is 0 Å². The second-order valence-electron chi connectivity index (χ2n) is 4.13. The fraction of sp³-hybridized carbons (Fsp3) is 0.538. The molecule has 0 atom stereocenters. The molecule has 4 nitrogen and oxygen atoms in total. The van der Waals surface area contributed by atoms with Crippen molar-refractivity contribution in [3.05, 3.63) is 22.4 Å². The maximum atomic E-state index is 12.1. The number of carbonyl (C=O) groups excluding carboxylic acids is 1.